The van der Waals surface area contributed by atoms with Crippen molar-refractivity contribution >= 4 is 15.9 Å². The van der Waals surface area contributed by atoms with Gasteiger partial charge in [0.15, 0.2) is 5.82 Å². The first-order chi connectivity index (χ1) is 9.67. The van der Waals surface area contributed by atoms with E-state index in [-0.39, 0.29) is 0 Å². The maximum absolute atomic E-state index is 5.79. The van der Waals surface area contributed by atoms with Gasteiger partial charge in [-0.05, 0) is 66.2 Å². The van der Waals surface area contributed by atoms with Crippen molar-refractivity contribution in [3.8, 4) is 11.4 Å². The van der Waals surface area contributed by atoms with Crippen molar-refractivity contribution in [3.05, 3.63) is 39.9 Å². The highest BCUT2D eigenvalue weighted by atomic mass is 79.9. The Labute approximate surface area is 127 Å². The molecular formula is C15H17BrN4. The van der Waals surface area contributed by atoms with Crippen LogP contribution in [0.5, 0.6) is 0 Å². The van der Waals surface area contributed by atoms with E-state index in [1.807, 2.05) is 6.07 Å². The maximum Gasteiger partial charge on any atom is 0.161 e. The first-order valence-corrected chi connectivity index (χ1v) is 7.64. The van der Waals surface area contributed by atoms with Crippen LogP contribution in [0.15, 0.2) is 22.9 Å². The number of fused-ring (bicyclic) bond motifs is 1. The zero-order valence-corrected chi connectivity index (χ0v) is 13.0. The molecule has 4 nitrogen and oxygen atoms in total. The third-order valence-electron chi connectivity index (χ3n) is 3.88. The summed E-state index contributed by atoms with van der Waals surface area (Å²) in [5.74, 6) is 1.34. The summed E-state index contributed by atoms with van der Waals surface area (Å²) >= 11 is 3.44. The van der Waals surface area contributed by atoms with Gasteiger partial charge in [0, 0.05) is 33.8 Å². The van der Waals surface area contributed by atoms with Gasteiger partial charge < -0.3 is 5.73 Å². The van der Waals surface area contributed by atoms with Crippen molar-refractivity contribution in [1.29, 1.82) is 0 Å². The van der Waals surface area contributed by atoms with Gasteiger partial charge in [-0.3, -0.25) is 4.98 Å². The van der Waals surface area contributed by atoms with Crippen molar-refractivity contribution < 1.29 is 0 Å². The number of hydrogen-bond donors (Lipinski definition) is 1. The molecule has 0 bridgehead atoms. The van der Waals surface area contributed by atoms with E-state index in [0.29, 0.717) is 5.92 Å². The minimum absolute atomic E-state index is 0.572. The molecule has 1 unspecified atom stereocenters. The molecule has 0 fully saturated rings. The maximum atomic E-state index is 5.79. The molecule has 5 heteroatoms. The molecule has 104 valence electrons. The molecule has 1 aliphatic rings. The van der Waals surface area contributed by atoms with Crippen LogP contribution in [0.2, 0.25) is 0 Å². The van der Waals surface area contributed by atoms with Gasteiger partial charge in [0.05, 0.1) is 0 Å². The lowest BCUT2D eigenvalue weighted by Gasteiger charge is -2.24. The molecule has 0 aromatic carbocycles. The summed E-state index contributed by atoms with van der Waals surface area (Å²) in [6.07, 6.45) is 6.69. The predicted molar refractivity (Wildman–Crippen MR) is 82.3 cm³/mol. The Balaban J connectivity index is 2.02. The number of nitrogens with zero attached hydrogens (tertiary/aromatic N) is 3. The minimum Gasteiger partial charge on any atom is -0.330 e. The Kier molecular flexibility index (Phi) is 3.81. The van der Waals surface area contributed by atoms with E-state index in [0.717, 1.165) is 47.4 Å². The van der Waals surface area contributed by atoms with Gasteiger partial charge >= 0.3 is 0 Å². The van der Waals surface area contributed by atoms with E-state index in [4.69, 9.17) is 10.7 Å². The zero-order valence-electron chi connectivity index (χ0n) is 11.4. The van der Waals surface area contributed by atoms with E-state index in [1.165, 1.54) is 11.3 Å². The fraction of sp³-hybridized carbons (Fsp3) is 0.400. The summed E-state index contributed by atoms with van der Waals surface area (Å²) in [7, 11) is 0. The van der Waals surface area contributed by atoms with Crippen molar-refractivity contribution in [2.45, 2.75) is 26.2 Å². The summed E-state index contributed by atoms with van der Waals surface area (Å²) < 4.78 is 0.942. The second kappa shape index (κ2) is 5.58. The molecule has 3 rings (SSSR count). The third-order valence-corrected chi connectivity index (χ3v) is 4.31. The molecule has 2 aromatic rings. The molecule has 2 N–H and O–H groups in total. The smallest absolute Gasteiger partial charge is 0.161 e. The van der Waals surface area contributed by atoms with Crippen LogP contribution >= 0.6 is 15.9 Å². The summed E-state index contributed by atoms with van der Waals surface area (Å²) in [6.45, 7) is 2.81. The zero-order chi connectivity index (χ0) is 14.1. The number of pyridine rings is 1. The first kappa shape index (κ1) is 13.6. The van der Waals surface area contributed by atoms with Crippen LogP contribution < -0.4 is 5.73 Å². The van der Waals surface area contributed by atoms with Crippen LogP contribution in [-0.4, -0.2) is 21.5 Å². The molecular weight excluding hydrogens is 316 g/mol. The van der Waals surface area contributed by atoms with Gasteiger partial charge in [-0.2, -0.15) is 0 Å². The number of halogens is 1. The number of aromatic nitrogens is 3. The summed E-state index contributed by atoms with van der Waals surface area (Å²) in [5.41, 5.74) is 10.3. The SMILES string of the molecule is Cc1nc(-c2cncc(Br)c2)nc2c1CC(CN)CC2. The molecule has 0 amide bonds. The first-order valence-electron chi connectivity index (χ1n) is 6.84. The van der Waals surface area contributed by atoms with Gasteiger partial charge in [0.2, 0.25) is 0 Å². The van der Waals surface area contributed by atoms with E-state index >= 15 is 0 Å². The summed E-state index contributed by atoms with van der Waals surface area (Å²) in [6, 6.07) is 2.00. The molecule has 0 saturated heterocycles. The van der Waals surface area contributed by atoms with Crippen LogP contribution in [0.1, 0.15) is 23.4 Å². The fourth-order valence-electron chi connectivity index (χ4n) is 2.72. The highest BCUT2D eigenvalue weighted by Gasteiger charge is 2.22. The van der Waals surface area contributed by atoms with Crippen LogP contribution in [-0.2, 0) is 12.8 Å². The number of rotatable bonds is 2. The minimum atomic E-state index is 0.572. The van der Waals surface area contributed by atoms with Crippen LogP contribution in [0.3, 0.4) is 0 Å². The Morgan fingerprint density at radius 2 is 2.20 bits per heavy atom. The highest BCUT2D eigenvalue weighted by molar-refractivity contribution is 9.10. The van der Waals surface area contributed by atoms with Crippen LogP contribution in [0.25, 0.3) is 11.4 Å². The second-order valence-electron chi connectivity index (χ2n) is 5.29. The standard InChI is InChI=1S/C15H17BrN4/c1-9-13-4-10(6-17)2-3-14(13)20-15(19-9)11-5-12(16)8-18-7-11/h5,7-8,10H,2-4,6,17H2,1H3. The predicted octanol–water partition coefficient (Wildman–Crippen LogP) is 2.67. The second-order valence-corrected chi connectivity index (χ2v) is 6.21. The Morgan fingerprint density at radius 3 is 2.95 bits per heavy atom. The summed E-state index contributed by atoms with van der Waals surface area (Å²) in [4.78, 5) is 13.6. The number of hydrogen-bond acceptors (Lipinski definition) is 4. The molecule has 0 aliphatic heterocycles. The van der Waals surface area contributed by atoms with E-state index in [9.17, 15) is 0 Å². The van der Waals surface area contributed by atoms with Gasteiger partial charge in [-0.1, -0.05) is 0 Å². The Hall–Kier alpha value is -1.33. The lowest BCUT2D eigenvalue weighted by atomic mass is 9.86. The molecule has 1 atom stereocenters. The lowest BCUT2D eigenvalue weighted by Crippen LogP contribution is -2.24. The van der Waals surface area contributed by atoms with Crippen LogP contribution in [0, 0.1) is 12.8 Å². The van der Waals surface area contributed by atoms with E-state index in [1.54, 1.807) is 12.4 Å². The monoisotopic (exact) mass is 332 g/mol. The van der Waals surface area contributed by atoms with Crippen molar-refractivity contribution in [2.24, 2.45) is 11.7 Å². The average molecular weight is 333 g/mol. The van der Waals surface area contributed by atoms with Gasteiger partial charge in [0.1, 0.15) is 0 Å². The summed E-state index contributed by atoms with van der Waals surface area (Å²) in [5, 5.41) is 0. The quantitative estimate of drug-likeness (QED) is 0.918. The van der Waals surface area contributed by atoms with E-state index in [2.05, 4.69) is 32.8 Å². The molecule has 2 heterocycles. The van der Waals surface area contributed by atoms with Gasteiger partial charge in [-0.15, -0.1) is 0 Å². The van der Waals surface area contributed by atoms with Crippen molar-refractivity contribution in [2.75, 3.05) is 6.54 Å². The highest BCUT2D eigenvalue weighted by Crippen LogP contribution is 2.28. The topological polar surface area (TPSA) is 64.7 Å². The molecule has 1 aliphatic carbocycles. The van der Waals surface area contributed by atoms with Gasteiger partial charge in [-0.25, -0.2) is 9.97 Å². The van der Waals surface area contributed by atoms with Crippen LogP contribution in [0.4, 0.5) is 0 Å². The number of aryl methyl sites for hydroxylation is 2. The molecule has 20 heavy (non-hydrogen) atoms. The normalized spacial score (nSPS) is 17.9. The Bertz CT molecular complexity index is 642. The molecule has 0 radical (unpaired) electrons. The fourth-order valence-corrected chi connectivity index (χ4v) is 3.09. The molecule has 0 saturated carbocycles. The third kappa shape index (κ3) is 2.60. The number of nitrogens with two attached hydrogens (primary N) is 1. The van der Waals surface area contributed by atoms with Crippen molar-refractivity contribution in [1.82, 2.24) is 15.0 Å². The Morgan fingerprint density at radius 1 is 1.35 bits per heavy atom. The lowest BCUT2D eigenvalue weighted by molar-refractivity contribution is 0.460. The van der Waals surface area contributed by atoms with E-state index < -0.39 is 0 Å². The average Bonchev–Trinajstić information content (AvgIpc) is 2.47. The molecule has 2 aromatic heterocycles. The molecule has 0 spiro atoms. The van der Waals surface area contributed by atoms with Crippen molar-refractivity contribution in [3.63, 3.8) is 0 Å². The largest absolute Gasteiger partial charge is 0.330 e. The van der Waals surface area contributed by atoms with Gasteiger partial charge in [0.25, 0.3) is 0 Å².